The van der Waals surface area contributed by atoms with E-state index in [9.17, 15) is 13.2 Å². The number of thiazole rings is 1. The molecular weight excluding hydrogens is 522 g/mol. The van der Waals surface area contributed by atoms with E-state index in [-0.39, 0.29) is 16.8 Å². The lowest BCUT2D eigenvalue weighted by atomic mass is 9.87. The van der Waals surface area contributed by atoms with Crippen molar-refractivity contribution in [1.82, 2.24) is 19.6 Å². The van der Waals surface area contributed by atoms with Crippen molar-refractivity contribution >= 4 is 42.7 Å². The van der Waals surface area contributed by atoms with Crippen LogP contribution in [0.4, 0.5) is 5.13 Å². The molecule has 2 aromatic heterocycles. The number of benzene rings is 1. The van der Waals surface area contributed by atoms with Crippen LogP contribution in [0.25, 0.3) is 10.3 Å². The number of anilines is 1. The fourth-order valence-corrected chi connectivity index (χ4v) is 7.36. The van der Waals surface area contributed by atoms with Crippen molar-refractivity contribution in [3.05, 3.63) is 42.0 Å². The second-order valence-corrected chi connectivity index (χ2v) is 13.3. The average molecular weight is 558 g/mol. The maximum absolute atomic E-state index is 13.5. The van der Waals surface area contributed by atoms with Gasteiger partial charge in [-0.05, 0) is 49.9 Å². The molecule has 1 aliphatic carbocycles. The van der Waals surface area contributed by atoms with Crippen LogP contribution >= 0.6 is 11.3 Å². The molecule has 0 radical (unpaired) electrons. The van der Waals surface area contributed by atoms with E-state index in [0.29, 0.717) is 46.4 Å². The number of carbonyl (C=O) groups excluding carboxylic acids is 1. The lowest BCUT2D eigenvalue weighted by molar-refractivity contribution is -0.118. The summed E-state index contributed by atoms with van der Waals surface area (Å²) in [5, 5.41) is 3.48. The Kier molecular flexibility index (Phi) is 7.99. The number of nitrogens with one attached hydrogen (secondary N) is 2. The molecule has 1 saturated carbocycles. The van der Waals surface area contributed by atoms with E-state index < -0.39 is 15.9 Å². The number of hydrogen-bond donors (Lipinski definition) is 2. The molecule has 2 N–H and O–H groups in total. The van der Waals surface area contributed by atoms with Crippen LogP contribution in [0, 0.1) is 5.92 Å². The quantitative estimate of drug-likeness (QED) is 0.380. The largest absolute Gasteiger partial charge is 0.481 e. The lowest BCUT2D eigenvalue weighted by Crippen LogP contribution is -2.60. The second-order valence-electron chi connectivity index (χ2n) is 10.6. The minimum absolute atomic E-state index is 0.0776. The molecule has 0 spiro atoms. The minimum Gasteiger partial charge on any atom is -0.481 e. The fraction of sp³-hybridized carbons (Fsp3) is 0.519. The van der Waals surface area contributed by atoms with E-state index in [1.54, 1.807) is 37.4 Å². The first-order valence-corrected chi connectivity index (χ1v) is 15.5. The number of amides is 1. The molecule has 1 aliphatic heterocycles. The van der Waals surface area contributed by atoms with E-state index in [1.807, 2.05) is 6.07 Å². The molecule has 2 fully saturated rings. The van der Waals surface area contributed by atoms with Crippen molar-refractivity contribution in [2.24, 2.45) is 5.92 Å². The molecular formula is C27H35N5O4S2. The molecule has 9 nitrogen and oxygen atoms in total. The van der Waals surface area contributed by atoms with Crippen LogP contribution < -0.4 is 14.8 Å². The van der Waals surface area contributed by atoms with Crippen molar-refractivity contribution < 1.29 is 17.9 Å². The number of ether oxygens (including phenoxy) is 1. The predicted molar refractivity (Wildman–Crippen MR) is 149 cm³/mol. The van der Waals surface area contributed by atoms with Crippen molar-refractivity contribution in [1.29, 1.82) is 0 Å². The zero-order chi connectivity index (χ0) is 26.9. The molecule has 204 valence electrons. The number of sulfonamides is 1. The van der Waals surface area contributed by atoms with E-state index >= 15 is 0 Å². The first kappa shape index (κ1) is 27.0. The van der Waals surface area contributed by atoms with E-state index in [0.717, 1.165) is 24.8 Å². The van der Waals surface area contributed by atoms with Crippen LogP contribution in [0.5, 0.6) is 5.88 Å². The Morgan fingerprint density at radius 3 is 2.47 bits per heavy atom. The van der Waals surface area contributed by atoms with Crippen molar-refractivity contribution in [3.8, 4) is 5.88 Å². The SMILES string of the molecule is COc1ccc2nc(NC(=O)C(CC3CCCC3)c3ccc(S(=O)(=O)NC4CN(C(C)C)C4)cc3)sc2n1. The summed E-state index contributed by atoms with van der Waals surface area (Å²) in [6.07, 6.45) is 5.31. The van der Waals surface area contributed by atoms with Gasteiger partial charge in [0, 0.05) is 31.2 Å². The number of rotatable bonds is 10. The zero-order valence-corrected chi connectivity index (χ0v) is 23.6. The van der Waals surface area contributed by atoms with Gasteiger partial charge in [-0.3, -0.25) is 9.69 Å². The molecule has 3 heterocycles. The van der Waals surface area contributed by atoms with E-state index in [4.69, 9.17) is 4.74 Å². The average Bonchev–Trinajstić information content (AvgIpc) is 3.53. The number of nitrogens with zero attached hydrogens (tertiary/aromatic N) is 3. The highest BCUT2D eigenvalue weighted by Gasteiger charge is 2.33. The molecule has 2 aliphatic rings. The van der Waals surface area contributed by atoms with Gasteiger partial charge in [-0.25, -0.2) is 23.1 Å². The maximum Gasteiger partial charge on any atom is 0.240 e. The summed E-state index contributed by atoms with van der Waals surface area (Å²) >= 11 is 1.31. The number of carbonyl (C=O) groups is 1. The molecule has 5 rings (SSSR count). The number of methoxy groups -OCH3 is 1. The first-order valence-electron chi connectivity index (χ1n) is 13.2. The highest BCUT2D eigenvalue weighted by atomic mass is 32.2. The number of aromatic nitrogens is 2. The molecule has 1 saturated heterocycles. The Bertz CT molecular complexity index is 1380. The van der Waals surface area contributed by atoms with Crippen molar-refractivity contribution in [2.75, 3.05) is 25.5 Å². The fourth-order valence-electron chi connectivity index (χ4n) is 5.31. The Labute approximate surface area is 228 Å². The molecule has 38 heavy (non-hydrogen) atoms. The molecule has 11 heteroatoms. The van der Waals surface area contributed by atoms with Gasteiger partial charge < -0.3 is 10.1 Å². The Morgan fingerprint density at radius 2 is 1.82 bits per heavy atom. The molecule has 1 aromatic carbocycles. The second kappa shape index (κ2) is 11.3. The van der Waals surface area contributed by atoms with Gasteiger partial charge in [0.2, 0.25) is 21.8 Å². The van der Waals surface area contributed by atoms with Gasteiger partial charge in [0.25, 0.3) is 0 Å². The molecule has 1 amide bonds. The summed E-state index contributed by atoms with van der Waals surface area (Å²) in [6.45, 7) is 5.64. The topological polar surface area (TPSA) is 114 Å². The highest BCUT2D eigenvalue weighted by Crippen LogP contribution is 2.36. The molecule has 0 bridgehead atoms. The number of likely N-dealkylation sites (tertiary alicyclic amines) is 1. The van der Waals surface area contributed by atoms with Crippen LogP contribution in [0.2, 0.25) is 0 Å². The van der Waals surface area contributed by atoms with Crippen LogP contribution in [0.3, 0.4) is 0 Å². The third-order valence-corrected chi connectivity index (χ3v) is 10.0. The van der Waals surface area contributed by atoms with Crippen LogP contribution in [0.15, 0.2) is 41.3 Å². The minimum atomic E-state index is -3.63. The monoisotopic (exact) mass is 557 g/mol. The Balaban J connectivity index is 1.32. The number of pyridine rings is 1. The predicted octanol–water partition coefficient (Wildman–Crippen LogP) is 4.37. The van der Waals surface area contributed by atoms with Gasteiger partial charge in [0.1, 0.15) is 10.3 Å². The third kappa shape index (κ3) is 6.01. The maximum atomic E-state index is 13.5. The van der Waals surface area contributed by atoms with Crippen LogP contribution in [-0.4, -0.2) is 61.5 Å². The summed E-state index contributed by atoms with van der Waals surface area (Å²) in [5.74, 6) is 0.431. The number of fused-ring (bicyclic) bond motifs is 1. The Morgan fingerprint density at radius 1 is 1.11 bits per heavy atom. The summed E-state index contributed by atoms with van der Waals surface area (Å²) in [6, 6.07) is 10.7. The summed E-state index contributed by atoms with van der Waals surface area (Å²) < 4.78 is 33.9. The number of hydrogen-bond acceptors (Lipinski definition) is 8. The molecule has 3 aromatic rings. The van der Waals surface area contributed by atoms with Gasteiger partial charge in [-0.1, -0.05) is 49.2 Å². The van der Waals surface area contributed by atoms with Crippen molar-refractivity contribution in [2.45, 2.75) is 68.8 Å². The normalized spacial score (nSPS) is 18.1. The summed E-state index contributed by atoms with van der Waals surface area (Å²) in [4.78, 5) is 25.6. The zero-order valence-electron chi connectivity index (χ0n) is 22.0. The molecule has 1 atom stereocenters. The van der Waals surface area contributed by atoms with Gasteiger partial charge in [0.15, 0.2) is 5.13 Å². The van der Waals surface area contributed by atoms with Gasteiger partial charge in [-0.2, -0.15) is 0 Å². The smallest absolute Gasteiger partial charge is 0.240 e. The Hall–Kier alpha value is -2.60. The van der Waals surface area contributed by atoms with Crippen LogP contribution in [0.1, 0.15) is 57.4 Å². The van der Waals surface area contributed by atoms with Crippen LogP contribution in [-0.2, 0) is 14.8 Å². The molecule has 1 unspecified atom stereocenters. The summed E-state index contributed by atoms with van der Waals surface area (Å²) in [7, 11) is -2.07. The van der Waals surface area contributed by atoms with E-state index in [1.165, 1.54) is 24.2 Å². The van der Waals surface area contributed by atoms with Gasteiger partial charge in [-0.15, -0.1) is 0 Å². The first-order chi connectivity index (χ1) is 18.2. The van der Waals surface area contributed by atoms with Crippen molar-refractivity contribution in [3.63, 3.8) is 0 Å². The third-order valence-electron chi connectivity index (χ3n) is 7.58. The highest BCUT2D eigenvalue weighted by molar-refractivity contribution is 7.89. The standard InChI is InChI=1S/C27H35N5O4S2/c1-17(2)32-15-20(16-32)31-38(34,35)21-10-8-19(9-11-21)22(14-18-6-4-5-7-18)25(33)30-27-28-23-12-13-24(36-3)29-26(23)37-27/h8-13,17-18,20,22,31H,4-7,14-16H2,1-3H3,(H,28,30,33). The van der Waals surface area contributed by atoms with E-state index in [2.05, 4.69) is 38.8 Å². The van der Waals surface area contributed by atoms with Gasteiger partial charge >= 0.3 is 0 Å². The van der Waals surface area contributed by atoms with Gasteiger partial charge in [0.05, 0.1) is 17.9 Å². The lowest BCUT2D eigenvalue weighted by Gasteiger charge is -2.42. The summed E-state index contributed by atoms with van der Waals surface area (Å²) in [5.41, 5.74) is 1.51.